The maximum atomic E-state index is 12.8. The van der Waals surface area contributed by atoms with Gasteiger partial charge in [0.15, 0.2) is 0 Å². The highest BCUT2D eigenvalue weighted by Gasteiger charge is 2.38. The van der Waals surface area contributed by atoms with Crippen LogP contribution in [0.15, 0.2) is 24.3 Å². The van der Waals surface area contributed by atoms with Crippen LogP contribution in [0.3, 0.4) is 0 Å². The third-order valence-electron chi connectivity index (χ3n) is 5.10. The van der Waals surface area contributed by atoms with Crippen molar-refractivity contribution in [3.8, 4) is 5.75 Å². The monoisotopic (exact) mass is 330 g/mol. The lowest BCUT2D eigenvalue weighted by Crippen LogP contribution is -2.58. The van der Waals surface area contributed by atoms with E-state index in [1.807, 2.05) is 38.1 Å². The minimum absolute atomic E-state index is 0.00300. The van der Waals surface area contributed by atoms with Crippen molar-refractivity contribution in [2.45, 2.75) is 45.6 Å². The summed E-state index contributed by atoms with van der Waals surface area (Å²) in [6, 6.07) is 7.19. The highest BCUT2D eigenvalue weighted by molar-refractivity contribution is 6.00. The van der Waals surface area contributed by atoms with Gasteiger partial charge in [0.25, 0.3) is 0 Å². The zero-order chi connectivity index (χ0) is 17.1. The molecule has 0 aromatic heterocycles. The number of benzene rings is 1. The molecule has 1 aliphatic carbocycles. The highest BCUT2D eigenvalue weighted by atomic mass is 16.5. The Bertz CT molecular complexity index is 593. The first-order valence-electron chi connectivity index (χ1n) is 8.96. The lowest BCUT2D eigenvalue weighted by Gasteiger charge is -2.40. The molecule has 130 valence electrons. The Morgan fingerprint density at radius 3 is 2.46 bits per heavy atom. The van der Waals surface area contributed by atoms with E-state index in [1.54, 1.807) is 9.80 Å². The number of carbonyl (C=O) groups excluding carboxylic acids is 2. The summed E-state index contributed by atoms with van der Waals surface area (Å²) in [6.45, 7) is 5.57. The minimum Gasteiger partial charge on any atom is -0.494 e. The summed E-state index contributed by atoms with van der Waals surface area (Å²) in [5.41, 5.74) is 0.864. The van der Waals surface area contributed by atoms with E-state index in [9.17, 15) is 9.59 Å². The van der Waals surface area contributed by atoms with E-state index in [2.05, 4.69) is 0 Å². The van der Waals surface area contributed by atoms with Gasteiger partial charge < -0.3 is 14.5 Å². The van der Waals surface area contributed by atoms with Gasteiger partial charge in [-0.25, -0.2) is 0 Å². The van der Waals surface area contributed by atoms with Crippen LogP contribution in [0.5, 0.6) is 5.75 Å². The van der Waals surface area contributed by atoms with Crippen molar-refractivity contribution in [3.63, 3.8) is 0 Å². The van der Waals surface area contributed by atoms with Gasteiger partial charge in [-0.15, -0.1) is 0 Å². The summed E-state index contributed by atoms with van der Waals surface area (Å²) in [4.78, 5) is 29.0. The molecule has 1 saturated carbocycles. The number of carbonyl (C=O) groups is 2. The van der Waals surface area contributed by atoms with Crippen LogP contribution in [0.25, 0.3) is 0 Å². The molecule has 2 fully saturated rings. The van der Waals surface area contributed by atoms with Crippen LogP contribution in [-0.4, -0.2) is 42.5 Å². The van der Waals surface area contributed by atoms with Gasteiger partial charge in [-0.3, -0.25) is 9.59 Å². The van der Waals surface area contributed by atoms with Crippen LogP contribution in [-0.2, 0) is 9.59 Å². The molecule has 5 nitrogen and oxygen atoms in total. The van der Waals surface area contributed by atoms with Crippen LogP contribution in [0.4, 0.5) is 5.69 Å². The quantitative estimate of drug-likeness (QED) is 0.853. The number of anilines is 1. The molecule has 3 rings (SSSR count). The fourth-order valence-electron chi connectivity index (χ4n) is 3.72. The highest BCUT2D eigenvalue weighted by Crippen LogP contribution is 2.29. The summed E-state index contributed by atoms with van der Waals surface area (Å²) >= 11 is 0. The van der Waals surface area contributed by atoms with Crippen LogP contribution in [0.1, 0.15) is 39.5 Å². The predicted molar refractivity (Wildman–Crippen MR) is 93.1 cm³/mol. The summed E-state index contributed by atoms with van der Waals surface area (Å²) in [5, 5.41) is 0. The average Bonchev–Trinajstić information content (AvgIpc) is 3.12. The van der Waals surface area contributed by atoms with Gasteiger partial charge in [0.05, 0.1) is 6.61 Å². The topological polar surface area (TPSA) is 49.9 Å². The molecule has 0 radical (unpaired) electrons. The normalized spacial score (nSPS) is 22.1. The number of hydrogen-bond donors (Lipinski definition) is 0. The zero-order valence-electron chi connectivity index (χ0n) is 14.5. The second-order valence-corrected chi connectivity index (χ2v) is 6.61. The Morgan fingerprint density at radius 2 is 1.83 bits per heavy atom. The molecule has 1 aromatic carbocycles. The SMILES string of the molecule is CCOc1ccc(N2CCN(C(=O)C3CCCC3)C(C)C2=O)cc1. The van der Waals surface area contributed by atoms with E-state index < -0.39 is 6.04 Å². The molecule has 0 N–H and O–H groups in total. The Hall–Kier alpha value is -2.04. The van der Waals surface area contributed by atoms with Crippen molar-refractivity contribution in [2.75, 3.05) is 24.6 Å². The fraction of sp³-hybridized carbons (Fsp3) is 0.579. The molecule has 24 heavy (non-hydrogen) atoms. The van der Waals surface area contributed by atoms with Crippen LogP contribution >= 0.6 is 0 Å². The molecular formula is C19H26N2O3. The van der Waals surface area contributed by atoms with Gasteiger partial charge in [0.1, 0.15) is 11.8 Å². The number of nitrogens with zero attached hydrogens (tertiary/aromatic N) is 2. The van der Waals surface area contributed by atoms with E-state index in [0.717, 1.165) is 37.1 Å². The molecule has 2 aliphatic rings. The Labute approximate surface area is 143 Å². The van der Waals surface area contributed by atoms with Crippen LogP contribution in [0.2, 0.25) is 0 Å². The number of piperazine rings is 1. The third kappa shape index (κ3) is 3.25. The molecule has 1 heterocycles. The van der Waals surface area contributed by atoms with E-state index in [1.165, 1.54) is 0 Å². The molecule has 1 atom stereocenters. The summed E-state index contributed by atoms with van der Waals surface area (Å²) < 4.78 is 5.45. The second-order valence-electron chi connectivity index (χ2n) is 6.61. The first kappa shape index (κ1) is 16.8. The molecule has 5 heteroatoms. The fourth-order valence-corrected chi connectivity index (χ4v) is 3.72. The summed E-state index contributed by atoms with van der Waals surface area (Å²) in [6.07, 6.45) is 4.20. The van der Waals surface area contributed by atoms with Crippen molar-refractivity contribution in [3.05, 3.63) is 24.3 Å². The maximum Gasteiger partial charge on any atom is 0.249 e. The molecule has 2 amide bonds. The first-order valence-corrected chi connectivity index (χ1v) is 8.96. The van der Waals surface area contributed by atoms with Crippen molar-refractivity contribution in [2.24, 2.45) is 5.92 Å². The lowest BCUT2D eigenvalue weighted by atomic mass is 10.0. The summed E-state index contributed by atoms with van der Waals surface area (Å²) in [5.74, 6) is 1.09. The Morgan fingerprint density at radius 1 is 1.17 bits per heavy atom. The van der Waals surface area contributed by atoms with E-state index in [-0.39, 0.29) is 17.7 Å². The van der Waals surface area contributed by atoms with Crippen molar-refractivity contribution >= 4 is 17.5 Å². The van der Waals surface area contributed by atoms with Gasteiger partial charge >= 0.3 is 0 Å². The van der Waals surface area contributed by atoms with Crippen molar-refractivity contribution < 1.29 is 14.3 Å². The smallest absolute Gasteiger partial charge is 0.249 e. The molecule has 1 aliphatic heterocycles. The number of hydrogen-bond acceptors (Lipinski definition) is 3. The van der Waals surface area contributed by atoms with Crippen LogP contribution < -0.4 is 9.64 Å². The van der Waals surface area contributed by atoms with Gasteiger partial charge in [-0.05, 0) is 51.0 Å². The van der Waals surface area contributed by atoms with E-state index in [0.29, 0.717) is 19.7 Å². The molecule has 0 bridgehead atoms. The average molecular weight is 330 g/mol. The Kier molecular flexibility index (Phi) is 5.07. The van der Waals surface area contributed by atoms with Gasteiger partial charge in [0.2, 0.25) is 11.8 Å². The molecular weight excluding hydrogens is 304 g/mol. The minimum atomic E-state index is -0.390. The largest absolute Gasteiger partial charge is 0.494 e. The zero-order valence-corrected chi connectivity index (χ0v) is 14.5. The predicted octanol–water partition coefficient (Wildman–Crippen LogP) is 2.84. The van der Waals surface area contributed by atoms with Crippen LogP contribution in [0, 0.1) is 5.92 Å². The van der Waals surface area contributed by atoms with E-state index in [4.69, 9.17) is 4.74 Å². The molecule has 1 unspecified atom stereocenters. The third-order valence-corrected chi connectivity index (χ3v) is 5.10. The molecule has 0 spiro atoms. The standard InChI is InChI=1S/C19H26N2O3/c1-3-24-17-10-8-16(9-11-17)21-13-12-20(14(2)18(21)22)19(23)15-6-4-5-7-15/h8-11,14-15H,3-7,12-13H2,1-2H3. The summed E-state index contributed by atoms with van der Waals surface area (Å²) in [7, 11) is 0. The van der Waals surface area contributed by atoms with Crippen molar-refractivity contribution in [1.82, 2.24) is 4.90 Å². The maximum absolute atomic E-state index is 12.8. The lowest BCUT2D eigenvalue weighted by molar-refractivity contribution is -0.143. The molecule has 1 aromatic rings. The first-order chi connectivity index (χ1) is 11.6. The number of rotatable bonds is 4. The van der Waals surface area contributed by atoms with Gasteiger partial charge in [-0.2, -0.15) is 0 Å². The van der Waals surface area contributed by atoms with Crippen molar-refractivity contribution in [1.29, 1.82) is 0 Å². The van der Waals surface area contributed by atoms with E-state index >= 15 is 0 Å². The Balaban J connectivity index is 1.68. The number of amides is 2. The van der Waals surface area contributed by atoms with Gasteiger partial charge in [0, 0.05) is 24.7 Å². The second kappa shape index (κ2) is 7.24. The molecule has 1 saturated heterocycles. The van der Waals surface area contributed by atoms with Gasteiger partial charge in [-0.1, -0.05) is 12.8 Å². The number of ether oxygens (including phenoxy) is 1.